The van der Waals surface area contributed by atoms with Gasteiger partial charge in [-0.05, 0) is 54.7 Å². The third-order valence-electron chi connectivity index (χ3n) is 3.05. The van der Waals surface area contributed by atoms with E-state index in [2.05, 4.69) is 69.8 Å². The zero-order valence-corrected chi connectivity index (χ0v) is 10.8. The molecule has 0 atom stereocenters. The molecule has 0 spiro atoms. The van der Waals surface area contributed by atoms with Crippen molar-refractivity contribution in [1.82, 2.24) is 0 Å². The quantitative estimate of drug-likeness (QED) is 0.679. The molecule has 0 N–H and O–H groups in total. The molecule has 0 heterocycles. The summed E-state index contributed by atoms with van der Waals surface area (Å²) in [6.07, 6.45) is 0. The lowest BCUT2D eigenvalue weighted by Gasteiger charge is -2.11. The van der Waals surface area contributed by atoms with Crippen LogP contribution < -0.4 is 0 Å². The number of hydrogen-bond donors (Lipinski definition) is 1. The third kappa shape index (κ3) is 2.00. The van der Waals surface area contributed by atoms with Crippen molar-refractivity contribution in [3.05, 3.63) is 53.1 Å². The van der Waals surface area contributed by atoms with E-state index in [-0.39, 0.29) is 0 Å². The maximum Gasteiger partial charge on any atom is 0.0121 e. The highest BCUT2D eigenvalue weighted by Crippen LogP contribution is 2.30. The van der Waals surface area contributed by atoms with Gasteiger partial charge in [-0.15, -0.1) is 12.6 Å². The van der Waals surface area contributed by atoms with Crippen LogP contribution in [0.3, 0.4) is 0 Å². The summed E-state index contributed by atoms with van der Waals surface area (Å²) in [5, 5.41) is 0. The molecule has 0 aliphatic heterocycles. The fourth-order valence-electron chi connectivity index (χ4n) is 1.91. The lowest BCUT2D eigenvalue weighted by atomic mass is 9.96. The SMILES string of the molecule is Cc1ccc(-c2cccc(C)c2C)c(S)c1. The van der Waals surface area contributed by atoms with Gasteiger partial charge in [0.05, 0.1) is 0 Å². The summed E-state index contributed by atoms with van der Waals surface area (Å²) in [5.41, 5.74) is 6.41. The van der Waals surface area contributed by atoms with Crippen LogP contribution in [0.5, 0.6) is 0 Å². The zero-order valence-electron chi connectivity index (χ0n) is 9.91. The molecular weight excluding hydrogens is 212 g/mol. The first kappa shape index (κ1) is 11.3. The zero-order chi connectivity index (χ0) is 11.7. The molecule has 0 aliphatic rings. The summed E-state index contributed by atoms with van der Waals surface area (Å²) < 4.78 is 0. The minimum absolute atomic E-state index is 1.05. The summed E-state index contributed by atoms with van der Waals surface area (Å²) in [6, 6.07) is 12.8. The molecule has 0 saturated carbocycles. The van der Waals surface area contributed by atoms with Gasteiger partial charge in [0.1, 0.15) is 0 Å². The van der Waals surface area contributed by atoms with Crippen LogP contribution >= 0.6 is 12.6 Å². The van der Waals surface area contributed by atoms with Gasteiger partial charge in [-0.25, -0.2) is 0 Å². The molecule has 0 amide bonds. The number of aryl methyl sites for hydroxylation is 2. The molecule has 16 heavy (non-hydrogen) atoms. The third-order valence-corrected chi connectivity index (χ3v) is 3.42. The Morgan fingerprint density at radius 3 is 2.31 bits per heavy atom. The Labute approximate surface area is 103 Å². The highest BCUT2D eigenvalue weighted by Gasteiger charge is 2.06. The summed E-state index contributed by atoms with van der Waals surface area (Å²) in [6.45, 7) is 6.40. The van der Waals surface area contributed by atoms with Gasteiger partial charge in [0.25, 0.3) is 0 Å². The average Bonchev–Trinajstić information content (AvgIpc) is 2.23. The van der Waals surface area contributed by atoms with Crippen LogP contribution in [-0.2, 0) is 0 Å². The van der Waals surface area contributed by atoms with Crippen molar-refractivity contribution >= 4 is 12.6 Å². The lowest BCUT2D eigenvalue weighted by molar-refractivity contribution is 1.31. The van der Waals surface area contributed by atoms with Gasteiger partial charge in [-0.3, -0.25) is 0 Å². The van der Waals surface area contributed by atoms with Crippen LogP contribution in [-0.4, -0.2) is 0 Å². The Balaban J connectivity index is 2.63. The Kier molecular flexibility index (Phi) is 3.06. The van der Waals surface area contributed by atoms with Crippen LogP contribution in [0.1, 0.15) is 16.7 Å². The number of rotatable bonds is 1. The van der Waals surface area contributed by atoms with Crippen molar-refractivity contribution in [1.29, 1.82) is 0 Å². The second-order valence-corrected chi connectivity index (χ2v) is 4.75. The first-order valence-electron chi connectivity index (χ1n) is 5.46. The van der Waals surface area contributed by atoms with Gasteiger partial charge in [0.2, 0.25) is 0 Å². The number of thiol groups is 1. The Morgan fingerprint density at radius 1 is 0.875 bits per heavy atom. The molecule has 0 nitrogen and oxygen atoms in total. The van der Waals surface area contributed by atoms with E-state index in [1.165, 1.54) is 27.8 Å². The summed E-state index contributed by atoms with van der Waals surface area (Å²) in [5.74, 6) is 0. The Hall–Kier alpha value is -1.21. The van der Waals surface area contributed by atoms with Crippen molar-refractivity contribution in [2.24, 2.45) is 0 Å². The second kappa shape index (κ2) is 4.34. The van der Waals surface area contributed by atoms with E-state index in [4.69, 9.17) is 0 Å². The van der Waals surface area contributed by atoms with Crippen molar-refractivity contribution in [2.75, 3.05) is 0 Å². The van der Waals surface area contributed by atoms with E-state index in [0.29, 0.717) is 0 Å². The molecule has 1 heteroatoms. The molecule has 82 valence electrons. The fraction of sp³-hybridized carbons (Fsp3) is 0.200. The smallest absolute Gasteiger partial charge is 0.0121 e. The van der Waals surface area contributed by atoms with E-state index in [1.807, 2.05) is 0 Å². The summed E-state index contributed by atoms with van der Waals surface area (Å²) in [4.78, 5) is 1.05. The highest BCUT2D eigenvalue weighted by atomic mass is 32.1. The van der Waals surface area contributed by atoms with Crippen LogP contribution in [0.15, 0.2) is 41.3 Å². The van der Waals surface area contributed by atoms with Crippen molar-refractivity contribution in [3.8, 4) is 11.1 Å². The van der Waals surface area contributed by atoms with Gasteiger partial charge in [-0.2, -0.15) is 0 Å². The molecule has 0 unspecified atom stereocenters. The molecule has 0 aromatic heterocycles. The van der Waals surface area contributed by atoms with E-state index in [9.17, 15) is 0 Å². The molecule has 0 aliphatic carbocycles. The van der Waals surface area contributed by atoms with Crippen LogP contribution in [0.4, 0.5) is 0 Å². The molecule has 2 aromatic rings. The van der Waals surface area contributed by atoms with E-state index >= 15 is 0 Å². The monoisotopic (exact) mass is 228 g/mol. The molecule has 0 fully saturated rings. The predicted molar refractivity (Wildman–Crippen MR) is 73.3 cm³/mol. The van der Waals surface area contributed by atoms with E-state index < -0.39 is 0 Å². The summed E-state index contributed by atoms with van der Waals surface area (Å²) >= 11 is 4.56. The molecule has 0 radical (unpaired) electrons. The summed E-state index contributed by atoms with van der Waals surface area (Å²) in [7, 11) is 0. The molecular formula is C15H16S. The average molecular weight is 228 g/mol. The minimum atomic E-state index is 1.05. The van der Waals surface area contributed by atoms with E-state index in [0.717, 1.165) is 4.90 Å². The largest absolute Gasteiger partial charge is 0.143 e. The van der Waals surface area contributed by atoms with Crippen molar-refractivity contribution < 1.29 is 0 Å². The maximum absolute atomic E-state index is 4.56. The van der Waals surface area contributed by atoms with Crippen LogP contribution in [0.25, 0.3) is 11.1 Å². The van der Waals surface area contributed by atoms with Crippen LogP contribution in [0, 0.1) is 20.8 Å². The van der Waals surface area contributed by atoms with E-state index in [1.54, 1.807) is 0 Å². The maximum atomic E-state index is 4.56. The van der Waals surface area contributed by atoms with Gasteiger partial charge < -0.3 is 0 Å². The molecule has 2 rings (SSSR count). The van der Waals surface area contributed by atoms with Gasteiger partial charge in [0.15, 0.2) is 0 Å². The standard InChI is InChI=1S/C15H16S/c1-10-7-8-14(15(16)9-10)13-6-4-5-11(2)12(13)3/h4-9,16H,1-3H3. The normalized spacial score (nSPS) is 10.5. The lowest BCUT2D eigenvalue weighted by Crippen LogP contribution is -1.88. The topological polar surface area (TPSA) is 0 Å². The predicted octanol–water partition coefficient (Wildman–Crippen LogP) is 4.57. The fourth-order valence-corrected chi connectivity index (χ4v) is 2.31. The highest BCUT2D eigenvalue weighted by molar-refractivity contribution is 7.80. The molecule has 0 saturated heterocycles. The first-order valence-corrected chi connectivity index (χ1v) is 5.90. The Bertz CT molecular complexity index is 527. The van der Waals surface area contributed by atoms with Gasteiger partial charge >= 0.3 is 0 Å². The van der Waals surface area contributed by atoms with Gasteiger partial charge in [-0.1, -0.05) is 30.3 Å². The molecule has 2 aromatic carbocycles. The Morgan fingerprint density at radius 2 is 1.62 bits per heavy atom. The van der Waals surface area contributed by atoms with Crippen molar-refractivity contribution in [2.45, 2.75) is 25.7 Å². The van der Waals surface area contributed by atoms with Crippen molar-refractivity contribution in [3.63, 3.8) is 0 Å². The number of benzene rings is 2. The number of hydrogen-bond acceptors (Lipinski definition) is 1. The second-order valence-electron chi connectivity index (χ2n) is 4.27. The van der Waals surface area contributed by atoms with Crippen LogP contribution in [0.2, 0.25) is 0 Å². The molecule has 0 bridgehead atoms. The minimum Gasteiger partial charge on any atom is -0.143 e. The first-order chi connectivity index (χ1) is 7.59. The van der Waals surface area contributed by atoms with Gasteiger partial charge in [0, 0.05) is 4.90 Å².